The van der Waals surface area contributed by atoms with Gasteiger partial charge in [-0.1, -0.05) is 41.0 Å². The summed E-state index contributed by atoms with van der Waals surface area (Å²) in [6, 6.07) is 17.7. The molecular weight excluding hydrogens is 268 g/mol. The van der Waals surface area contributed by atoms with Gasteiger partial charge in [-0.3, -0.25) is 0 Å². The Kier molecular flexibility index (Phi) is 5.07. The van der Waals surface area contributed by atoms with Crippen molar-refractivity contribution in [1.29, 1.82) is 0 Å². The Morgan fingerprint density at radius 1 is 0.950 bits per heavy atom. The molecule has 0 spiro atoms. The van der Waals surface area contributed by atoms with Crippen LogP contribution >= 0.6 is 0 Å². The average molecular weight is 286 g/mol. The summed E-state index contributed by atoms with van der Waals surface area (Å²) in [5, 5.41) is 0. The molecule has 2 rings (SSSR count). The highest BCUT2D eigenvalue weighted by Gasteiger charge is 2.02. The van der Waals surface area contributed by atoms with Gasteiger partial charge in [0, 0.05) is 5.56 Å². The van der Waals surface area contributed by atoms with Crippen LogP contribution in [0.1, 0.15) is 5.56 Å². The number of nitrogens with zero attached hydrogens (tertiary/aromatic N) is 2. The SMILES string of the molecule is COc1ccc(N=C(N=S(C)C)c2ccccc2)cc1. The minimum absolute atomic E-state index is 0.0563. The first-order chi connectivity index (χ1) is 9.69. The molecule has 0 fully saturated rings. The molecule has 0 aliphatic rings. The fourth-order valence-corrected chi connectivity index (χ4v) is 2.17. The summed E-state index contributed by atoms with van der Waals surface area (Å²) in [4.78, 5) is 4.65. The van der Waals surface area contributed by atoms with E-state index in [4.69, 9.17) is 4.74 Å². The van der Waals surface area contributed by atoms with Gasteiger partial charge in [-0.25, -0.2) is 9.36 Å². The molecule has 0 aliphatic carbocycles. The largest absolute Gasteiger partial charge is 0.497 e. The molecule has 0 radical (unpaired) electrons. The third-order valence-electron chi connectivity index (χ3n) is 2.61. The molecule has 0 N–H and O–H groups in total. The van der Waals surface area contributed by atoms with E-state index in [9.17, 15) is 0 Å². The molecule has 0 amide bonds. The van der Waals surface area contributed by atoms with Gasteiger partial charge in [0.1, 0.15) is 5.75 Å². The molecule has 104 valence electrons. The van der Waals surface area contributed by atoms with Crippen molar-refractivity contribution in [2.45, 2.75) is 0 Å². The second-order valence-electron chi connectivity index (χ2n) is 4.36. The number of rotatable bonds is 3. The Balaban J connectivity index is 2.40. The normalized spacial score (nSPS) is 11.5. The van der Waals surface area contributed by atoms with E-state index in [0.29, 0.717) is 0 Å². The first kappa shape index (κ1) is 14.5. The molecule has 0 saturated carbocycles. The molecule has 2 aromatic carbocycles. The molecule has 0 bridgehead atoms. The van der Waals surface area contributed by atoms with Crippen molar-refractivity contribution in [2.24, 2.45) is 9.36 Å². The van der Waals surface area contributed by atoms with Crippen molar-refractivity contribution in [3.8, 4) is 5.75 Å². The van der Waals surface area contributed by atoms with Crippen LogP contribution < -0.4 is 4.74 Å². The number of methoxy groups -OCH3 is 1. The van der Waals surface area contributed by atoms with Crippen LogP contribution in [0, 0.1) is 0 Å². The van der Waals surface area contributed by atoms with Crippen molar-refractivity contribution < 1.29 is 4.74 Å². The lowest BCUT2D eigenvalue weighted by Crippen LogP contribution is -1.98. The van der Waals surface area contributed by atoms with E-state index >= 15 is 0 Å². The fourth-order valence-electron chi connectivity index (χ4n) is 1.68. The van der Waals surface area contributed by atoms with Gasteiger partial charge in [-0.05, 0) is 36.8 Å². The fraction of sp³-hybridized carbons (Fsp3) is 0.188. The maximum atomic E-state index is 5.15. The van der Waals surface area contributed by atoms with Crippen molar-refractivity contribution in [1.82, 2.24) is 0 Å². The molecule has 2 aromatic rings. The van der Waals surface area contributed by atoms with Gasteiger partial charge >= 0.3 is 0 Å². The maximum Gasteiger partial charge on any atom is 0.166 e. The smallest absolute Gasteiger partial charge is 0.166 e. The van der Waals surface area contributed by atoms with Crippen LogP contribution in [0.2, 0.25) is 0 Å². The quantitative estimate of drug-likeness (QED) is 0.623. The minimum atomic E-state index is -0.0563. The second-order valence-corrected chi connectivity index (χ2v) is 6.09. The maximum absolute atomic E-state index is 5.15. The van der Waals surface area contributed by atoms with Gasteiger partial charge in [0.25, 0.3) is 0 Å². The van der Waals surface area contributed by atoms with Gasteiger partial charge in [0.2, 0.25) is 0 Å². The van der Waals surface area contributed by atoms with Crippen molar-refractivity contribution >= 4 is 22.2 Å². The van der Waals surface area contributed by atoms with Gasteiger partial charge in [-0.2, -0.15) is 0 Å². The number of ether oxygens (including phenoxy) is 1. The van der Waals surface area contributed by atoms with Crippen LogP contribution in [0.3, 0.4) is 0 Å². The monoisotopic (exact) mass is 286 g/mol. The number of benzene rings is 2. The molecule has 0 heterocycles. The molecule has 0 atom stereocenters. The predicted octanol–water partition coefficient (Wildman–Crippen LogP) is 3.84. The lowest BCUT2D eigenvalue weighted by molar-refractivity contribution is 0.415. The van der Waals surface area contributed by atoms with Crippen LogP contribution in [-0.2, 0) is 10.7 Å². The minimum Gasteiger partial charge on any atom is -0.497 e. The summed E-state index contributed by atoms with van der Waals surface area (Å²) in [6.45, 7) is 0. The van der Waals surface area contributed by atoms with Crippen molar-refractivity contribution in [2.75, 3.05) is 19.6 Å². The average Bonchev–Trinajstić information content (AvgIpc) is 2.48. The van der Waals surface area contributed by atoms with Gasteiger partial charge in [-0.15, -0.1) is 0 Å². The molecule has 0 unspecified atom stereocenters. The number of hydrogen-bond donors (Lipinski definition) is 0. The Hall–Kier alpha value is -1.94. The van der Waals surface area contributed by atoms with Gasteiger partial charge in [0.15, 0.2) is 5.84 Å². The van der Waals surface area contributed by atoms with Crippen LogP contribution in [0.15, 0.2) is 64.0 Å². The van der Waals surface area contributed by atoms with Crippen molar-refractivity contribution in [3.05, 3.63) is 60.2 Å². The van der Waals surface area contributed by atoms with E-state index in [-0.39, 0.29) is 10.7 Å². The zero-order valence-corrected chi connectivity index (χ0v) is 12.7. The molecule has 0 aromatic heterocycles. The Morgan fingerprint density at radius 3 is 2.15 bits per heavy atom. The lowest BCUT2D eigenvalue weighted by atomic mass is 10.2. The molecule has 4 heteroatoms. The number of aliphatic imine (C=N–C) groups is 1. The zero-order valence-electron chi connectivity index (χ0n) is 11.9. The summed E-state index contributed by atoms with van der Waals surface area (Å²) >= 11 is 0. The summed E-state index contributed by atoms with van der Waals surface area (Å²) < 4.78 is 9.78. The number of amidine groups is 1. The van der Waals surface area contributed by atoms with E-state index in [2.05, 4.69) is 21.9 Å². The van der Waals surface area contributed by atoms with E-state index in [0.717, 1.165) is 22.8 Å². The van der Waals surface area contributed by atoms with E-state index in [1.54, 1.807) is 7.11 Å². The third kappa shape index (κ3) is 4.03. The summed E-state index contributed by atoms with van der Waals surface area (Å²) in [5.74, 6) is 1.59. The van der Waals surface area contributed by atoms with Crippen LogP contribution in [-0.4, -0.2) is 25.5 Å². The van der Waals surface area contributed by atoms with E-state index < -0.39 is 0 Å². The highest BCUT2D eigenvalue weighted by molar-refractivity contribution is 7.86. The van der Waals surface area contributed by atoms with Gasteiger partial charge < -0.3 is 4.74 Å². The molecule has 20 heavy (non-hydrogen) atoms. The van der Waals surface area contributed by atoms with Crippen LogP contribution in [0.25, 0.3) is 0 Å². The van der Waals surface area contributed by atoms with Crippen LogP contribution in [0.4, 0.5) is 5.69 Å². The summed E-state index contributed by atoms with van der Waals surface area (Å²) in [7, 11) is 1.60. The van der Waals surface area contributed by atoms with Crippen molar-refractivity contribution in [3.63, 3.8) is 0 Å². The Bertz CT molecular complexity index is 615. The molecule has 0 saturated heterocycles. The first-order valence-corrected chi connectivity index (χ1v) is 8.26. The number of hydrogen-bond acceptors (Lipinski definition) is 2. The highest BCUT2D eigenvalue weighted by atomic mass is 32.2. The van der Waals surface area contributed by atoms with E-state index in [1.807, 2.05) is 54.6 Å². The van der Waals surface area contributed by atoms with Crippen LogP contribution in [0.5, 0.6) is 5.75 Å². The summed E-state index contributed by atoms with van der Waals surface area (Å²) in [6.07, 6.45) is 4.15. The lowest BCUT2D eigenvalue weighted by Gasteiger charge is -2.04. The molecular formula is C16H18N2OS. The predicted molar refractivity (Wildman–Crippen MR) is 87.3 cm³/mol. The molecule has 3 nitrogen and oxygen atoms in total. The second kappa shape index (κ2) is 7.01. The third-order valence-corrected chi connectivity index (χ3v) is 3.15. The molecule has 0 aliphatic heterocycles. The first-order valence-electron chi connectivity index (χ1n) is 6.26. The Labute approximate surface area is 122 Å². The topological polar surface area (TPSA) is 34.0 Å². The standard InChI is InChI=1S/C16H18N2OS/c1-19-15-11-9-14(10-12-15)17-16(18-20(2)3)13-7-5-4-6-8-13/h4-12H,1-3H3. The zero-order chi connectivity index (χ0) is 14.4. The highest BCUT2D eigenvalue weighted by Crippen LogP contribution is 2.19. The summed E-state index contributed by atoms with van der Waals surface area (Å²) in [5.41, 5.74) is 1.91. The Morgan fingerprint density at radius 2 is 1.60 bits per heavy atom. The van der Waals surface area contributed by atoms with Gasteiger partial charge in [0.05, 0.1) is 12.8 Å². The van der Waals surface area contributed by atoms with E-state index in [1.165, 1.54) is 0 Å².